The zero-order valence-corrected chi connectivity index (χ0v) is 9.63. The minimum absolute atomic E-state index is 0.296. The van der Waals surface area contributed by atoms with E-state index in [-0.39, 0.29) is 0 Å². The number of hydrogen-bond acceptors (Lipinski definition) is 3. The van der Waals surface area contributed by atoms with Crippen LogP contribution < -0.4 is 0 Å². The molecule has 0 spiro atoms. The monoisotopic (exact) mass is 224 g/mol. The first-order valence-electron chi connectivity index (χ1n) is 5.52. The number of carbonyl (C=O) groups is 1. The molecule has 0 aromatic carbocycles. The summed E-state index contributed by atoms with van der Waals surface area (Å²) in [6.07, 6.45) is 6.83. The summed E-state index contributed by atoms with van der Waals surface area (Å²) in [5.41, 5.74) is 0. The van der Waals surface area contributed by atoms with Gasteiger partial charge >= 0.3 is 0 Å². The van der Waals surface area contributed by atoms with Crippen LogP contribution >= 0.6 is 11.3 Å². The molecule has 0 unspecified atom stereocenters. The van der Waals surface area contributed by atoms with Crippen LogP contribution in [0, 0.1) is 0 Å². The Kier molecular flexibility index (Phi) is 3.72. The van der Waals surface area contributed by atoms with Crippen molar-refractivity contribution in [1.29, 1.82) is 0 Å². The van der Waals surface area contributed by atoms with E-state index in [0.29, 0.717) is 12.3 Å². The summed E-state index contributed by atoms with van der Waals surface area (Å²) in [4.78, 5) is 18.0. The largest absolute Gasteiger partial charge is 0.343 e. The molecule has 4 heteroatoms. The van der Waals surface area contributed by atoms with E-state index >= 15 is 0 Å². The molecule has 2 rings (SSSR count). The predicted molar refractivity (Wildman–Crippen MR) is 60.9 cm³/mol. The Morgan fingerprint density at radius 2 is 2.20 bits per heavy atom. The van der Waals surface area contributed by atoms with Crippen LogP contribution in [0.5, 0.6) is 0 Å². The van der Waals surface area contributed by atoms with Crippen molar-refractivity contribution in [3.05, 3.63) is 16.6 Å². The lowest BCUT2D eigenvalue weighted by molar-refractivity contribution is -0.132. The van der Waals surface area contributed by atoms with Crippen LogP contribution in [0.4, 0.5) is 0 Å². The fraction of sp³-hybridized carbons (Fsp3) is 0.636. The van der Waals surface area contributed by atoms with E-state index in [1.54, 1.807) is 17.5 Å². The quantitative estimate of drug-likeness (QED) is 0.787. The van der Waals surface area contributed by atoms with Gasteiger partial charge in [-0.15, -0.1) is 11.3 Å². The van der Waals surface area contributed by atoms with Crippen molar-refractivity contribution in [3.63, 3.8) is 0 Å². The fourth-order valence-corrected chi connectivity index (χ4v) is 2.51. The van der Waals surface area contributed by atoms with Gasteiger partial charge in [0.2, 0.25) is 5.91 Å². The number of nitrogens with zero attached hydrogens (tertiary/aromatic N) is 2. The lowest BCUT2D eigenvalue weighted by Crippen LogP contribution is -2.35. The van der Waals surface area contributed by atoms with E-state index in [0.717, 1.165) is 24.5 Å². The third-order valence-corrected chi connectivity index (χ3v) is 3.58. The van der Waals surface area contributed by atoms with Gasteiger partial charge in [-0.2, -0.15) is 0 Å². The van der Waals surface area contributed by atoms with Gasteiger partial charge in [-0.1, -0.05) is 0 Å². The third-order valence-electron chi connectivity index (χ3n) is 2.74. The second-order valence-corrected chi connectivity index (χ2v) is 4.85. The highest BCUT2D eigenvalue weighted by Gasteiger charge is 2.16. The minimum atomic E-state index is 0.296. The van der Waals surface area contributed by atoms with Crippen molar-refractivity contribution >= 4 is 17.2 Å². The van der Waals surface area contributed by atoms with Gasteiger partial charge in [0.25, 0.3) is 0 Å². The Morgan fingerprint density at radius 3 is 2.87 bits per heavy atom. The number of hydrogen-bond donors (Lipinski definition) is 0. The molecule has 1 aliphatic rings. The van der Waals surface area contributed by atoms with Gasteiger partial charge in [0.1, 0.15) is 0 Å². The summed E-state index contributed by atoms with van der Waals surface area (Å²) >= 11 is 1.63. The summed E-state index contributed by atoms with van der Waals surface area (Å²) in [6, 6.07) is 0. The number of likely N-dealkylation sites (tertiary alicyclic amines) is 1. The maximum Gasteiger partial charge on any atom is 0.222 e. The molecule has 1 aromatic rings. The van der Waals surface area contributed by atoms with Crippen LogP contribution in [0.25, 0.3) is 0 Å². The topological polar surface area (TPSA) is 33.2 Å². The highest BCUT2D eigenvalue weighted by atomic mass is 32.1. The van der Waals surface area contributed by atoms with E-state index < -0.39 is 0 Å². The van der Waals surface area contributed by atoms with E-state index in [1.165, 1.54) is 19.3 Å². The smallest absolute Gasteiger partial charge is 0.222 e. The number of piperidine rings is 1. The molecule has 1 aromatic heterocycles. The van der Waals surface area contributed by atoms with Crippen molar-refractivity contribution in [2.75, 3.05) is 13.1 Å². The average Bonchev–Trinajstić information content (AvgIpc) is 2.80. The first-order chi connectivity index (χ1) is 7.36. The van der Waals surface area contributed by atoms with Gasteiger partial charge in [-0.3, -0.25) is 4.79 Å². The lowest BCUT2D eigenvalue weighted by atomic mass is 10.1. The van der Waals surface area contributed by atoms with E-state index in [2.05, 4.69) is 4.98 Å². The highest BCUT2D eigenvalue weighted by molar-refractivity contribution is 7.09. The Balaban J connectivity index is 1.76. The molecule has 0 saturated carbocycles. The van der Waals surface area contributed by atoms with Crippen LogP contribution in [-0.4, -0.2) is 28.9 Å². The molecule has 0 radical (unpaired) electrons. The van der Waals surface area contributed by atoms with Crippen molar-refractivity contribution < 1.29 is 4.79 Å². The zero-order chi connectivity index (χ0) is 10.5. The molecule has 1 amide bonds. The first kappa shape index (κ1) is 10.6. The molecular weight excluding hydrogens is 208 g/mol. The summed E-state index contributed by atoms with van der Waals surface area (Å²) < 4.78 is 0. The standard InChI is InChI=1S/C11H16N2OS/c14-11(13-7-2-1-3-8-13)5-4-10-12-6-9-15-10/h6,9H,1-5,7-8H2. The number of aryl methyl sites for hydroxylation is 1. The first-order valence-corrected chi connectivity index (χ1v) is 6.40. The summed E-state index contributed by atoms with van der Waals surface area (Å²) in [7, 11) is 0. The lowest BCUT2D eigenvalue weighted by Gasteiger charge is -2.26. The molecule has 0 atom stereocenters. The van der Waals surface area contributed by atoms with E-state index in [9.17, 15) is 4.79 Å². The van der Waals surface area contributed by atoms with Gasteiger partial charge in [-0.25, -0.2) is 4.98 Å². The molecule has 0 bridgehead atoms. The van der Waals surface area contributed by atoms with E-state index in [4.69, 9.17) is 0 Å². The molecule has 3 nitrogen and oxygen atoms in total. The number of thiazole rings is 1. The average molecular weight is 224 g/mol. The molecule has 1 saturated heterocycles. The molecule has 1 fully saturated rings. The SMILES string of the molecule is O=C(CCc1nccs1)N1CCCCC1. The van der Waals surface area contributed by atoms with Crippen LogP contribution in [0.1, 0.15) is 30.7 Å². The van der Waals surface area contributed by atoms with Crippen LogP contribution in [0.15, 0.2) is 11.6 Å². The minimum Gasteiger partial charge on any atom is -0.343 e. The summed E-state index contributed by atoms with van der Waals surface area (Å²) in [6.45, 7) is 1.91. The zero-order valence-electron chi connectivity index (χ0n) is 8.82. The number of carbonyl (C=O) groups excluding carboxylic acids is 1. The maximum absolute atomic E-state index is 11.8. The second kappa shape index (κ2) is 5.26. The van der Waals surface area contributed by atoms with Gasteiger partial charge < -0.3 is 4.90 Å². The normalized spacial score (nSPS) is 16.7. The number of rotatable bonds is 3. The number of amides is 1. The Hall–Kier alpha value is -0.900. The van der Waals surface area contributed by atoms with Crippen LogP contribution in [0.3, 0.4) is 0 Å². The molecule has 82 valence electrons. The summed E-state index contributed by atoms with van der Waals surface area (Å²) in [5, 5.41) is 3.03. The van der Waals surface area contributed by atoms with Crippen molar-refractivity contribution in [2.24, 2.45) is 0 Å². The van der Waals surface area contributed by atoms with Gasteiger partial charge in [0, 0.05) is 37.5 Å². The molecule has 15 heavy (non-hydrogen) atoms. The van der Waals surface area contributed by atoms with Gasteiger partial charge in [-0.05, 0) is 19.3 Å². The van der Waals surface area contributed by atoms with Crippen LogP contribution in [0.2, 0.25) is 0 Å². The summed E-state index contributed by atoms with van der Waals surface area (Å²) in [5.74, 6) is 0.296. The van der Waals surface area contributed by atoms with Gasteiger partial charge in [0.15, 0.2) is 0 Å². The molecule has 1 aliphatic heterocycles. The van der Waals surface area contributed by atoms with E-state index in [1.807, 2.05) is 10.3 Å². The molecular formula is C11H16N2OS. The predicted octanol–water partition coefficient (Wildman–Crippen LogP) is 2.09. The maximum atomic E-state index is 11.8. The Bertz CT molecular complexity index is 304. The Labute approximate surface area is 94.1 Å². The van der Waals surface area contributed by atoms with Crippen molar-refractivity contribution in [3.8, 4) is 0 Å². The van der Waals surface area contributed by atoms with Crippen molar-refractivity contribution in [2.45, 2.75) is 32.1 Å². The van der Waals surface area contributed by atoms with Gasteiger partial charge in [0.05, 0.1) is 5.01 Å². The van der Waals surface area contributed by atoms with Crippen LogP contribution in [-0.2, 0) is 11.2 Å². The second-order valence-electron chi connectivity index (χ2n) is 3.87. The Morgan fingerprint density at radius 1 is 1.40 bits per heavy atom. The number of aromatic nitrogens is 1. The molecule has 0 aliphatic carbocycles. The fourth-order valence-electron chi connectivity index (χ4n) is 1.89. The molecule has 0 N–H and O–H groups in total. The third kappa shape index (κ3) is 3.02. The molecule has 2 heterocycles. The highest BCUT2D eigenvalue weighted by Crippen LogP contribution is 2.12. The van der Waals surface area contributed by atoms with Crippen molar-refractivity contribution in [1.82, 2.24) is 9.88 Å².